The molecule has 1 aliphatic rings. The van der Waals surface area contributed by atoms with E-state index in [9.17, 15) is 0 Å². The number of hydrogen-bond donors (Lipinski definition) is 2. The summed E-state index contributed by atoms with van der Waals surface area (Å²) >= 11 is 0. The fraction of sp³-hybridized carbons (Fsp3) is 0.159. The monoisotopic (exact) mass is 613 g/mol. The van der Waals surface area contributed by atoms with E-state index in [-0.39, 0.29) is 0 Å². The first-order valence-electron chi connectivity index (χ1n) is 16.8. The second kappa shape index (κ2) is 15.2. The summed E-state index contributed by atoms with van der Waals surface area (Å²) in [4.78, 5) is 5.24. The van der Waals surface area contributed by atoms with Gasteiger partial charge >= 0.3 is 0 Å². The minimum Gasteiger partial charge on any atom is -0.352 e. The third kappa shape index (κ3) is 6.90. The molecular weight excluding hydrogens is 571 g/mol. The van der Waals surface area contributed by atoms with Crippen molar-refractivity contribution in [2.24, 2.45) is 4.99 Å². The van der Waals surface area contributed by atoms with Gasteiger partial charge in [0, 0.05) is 13.1 Å². The predicted molar refractivity (Wildman–Crippen MR) is 203 cm³/mol. The van der Waals surface area contributed by atoms with Crippen molar-refractivity contribution in [2.75, 3.05) is 0 Å². The van der Waals surface area contributed by atoms with E-state index in [1.165, 1.54) is 66.1 Å². The van der Waals surface area contributed by atoms with Gasteiger partial charge in [-0.2, -0.15) is 0 Å². The molecule has 0 amide bonds. The Hall–Kier alpha value is -5.41. The topological polar surface area (TPSA) is 36.4 Å². The third-order valence-electron chi connectivity index (χ3n) is 8.65. The van der Waals surface area contributed by atoms with E-state index in [2.05, 4.69) is 163 Å². The van der Waals surface area contributed by atoms with Gasteiger partial charge in [0.2, 0.25) is 0 Å². The highest BCUT2D eigenvalue weighted by Gasteiger charge is 2.24. The number of allylic oxidation sites excluding steroid dienone is 4. The van der Waals surface area contributed by atoms with Crippen molar-refractivity contribution < 1.29 is 0 Å². The number of nitrogens with zero attached hydrogens (tertiary/aromatic N) is 1. The van der Waals surface area contributed by atoms with Gasteiger partial charge in [0.25, 0.3) is 0 Å². The maximum absolute atomic E-state index is 5.24. The maximum atomic E-state index is 5.24. The van der Waals surface area contributed by atoms with E-state index in [1.54, 1.807) is 0 Å². The highest BCUT2D eigenvalue weighted by molar-refractivity contribution is 6.10. The molecule has 0 unspecified atom stereocenters. The zero-order valence-corrected chi connectivity index (χ0v) is 27.6. The summed E-state index contributed by atoms with van der Waals surface area (Å²) in [6.07, 6.45) is 9.42. The second-order valence-electron chi connectivity index (χ2n) is 11.5. The molecule has 0 atom stereocenters. The number of nitrogens with one attached hydrogen (secondary N) is 2. The molecule has 0 fully saturated rings. The highest BCUT2D eigenvalue weighted by atomic mass is 15.2. The van der Waals surface area contributed by atoms with Crippen LogP contribution in [0.15, 0.2) is 151 Å². The fourth-order valence-electron chi connectivity index (χ4n) is 6.50. The molecule has 47 heavy (non-hydrogen) atoms. The number of guanidine groups is 1. The predicted octanol–water partition coefficient (Wildman–Crippen LogP) is 10.8. The smallest absolute Gasteiger partial charge is 0.192 e. The van der Waals surface area contributed by atoms with Crippen LogP contribution in [0.2, 0.25) is 0 Å². The normalized spacial score (nSPS) is 12.7. The first kappa shape index (κ1) is 31.6. The summed E-state index contributed by atoms with van der Waals surface area (Å²) in [5.74, 6) is 0.813. The van der Waals surface area contributed by atoms with E-state index in [1.807, 2.05) is 13.8 Å². The Balaban J connectivity index is 0.00000190. The largest absolute Gasteiger partial charge is 0.352 e. The Morgan fingerprint density at radius 2 is 1.32 bits per heavy atom. The summed E-state index contributed by atoms with van der Waals surface area (Å²) < 4.78 is 0. The van der Waals surface area contributed by atoms with Crippen molar-refractivity contribution in [1.82, 2.24) is 10.6 Å². The molecule has 6 aromatic carbocycles. The zero-order valence-electron chi connectivity index (χ0n) is 27.6. The fourth-order valence-corrected chi connectivity index (χ4v) is 6.50. The van der Waals surface area contributed by atoms with Crippen LogP contribution in [0.25, 0.3) is 43.8 Å². The molecule has 0 radical (unpaired) electrons. The van der Waals surface area contributed by atoms with Crippen molar-refractivity contribution in [3.8, 4) is 22.3 Å². The average Bonchev–Trinajstić information content (AvgIpc) is 3.22. The van der Waals surface area contributed by atoms with Crippen LogP contribution in [0.5, 0.6) is 0 Å². The summed E-state index contributed by atoms with van der Waals surface area (Å²) in [7, 11) is 0. The Morgan fingerprint density at radius 1 is 0.702 bits per heavy atom. The van der Waals surface area contributed by atoms with E-state index >= 15 is 0 Å². The molecule has 0 saturated carbocycles. The van der Waals surface area contributed by atoms with Crippen molar-refractivity contribution >= 4 is 27.5 Å². The van der Waals surface area contributed by atoms with Crippen molar-refractivity contribution in [1.29, 1.82) is 0 Å². The molecule has 0 bridgehead atoms. The Bertz CT molecular complexity index is 2050. The van der Waals surface area contributed by atoms with Gasteiger partial charge in [-0.1, -0.05) is 153 Å². The molecule has 2 N–H and O–H groups in total. The van der Waals surface area contributed by atoms with Crippen LogP contribution in [-0.2, 0) is 26.1 Å². The summed E-state index contributed by atoms with van der Waals surface area (Å²) in [6, 6.07) is 43.7. The highest BCUT2D eigenvalue weighted by Crippen LogP contribution is 2.45. The van der Waals surface area contributed by atoms with Gasteiger partial charge in [0.1, 0.15) is 0 Å². The summed E-state index contributed by atoms with van der Waals surface area (Å²) in [5, 5.41) is 12.4. The van der Waals surface area contributed by atoms with Crippen molar-refractivity contribution in [2.45, 2.75) is 46.8 Å². The minimum atomic E-state index is 0.549. The molecule has 0 aromatic heterocycles. The molecule has 1 aliphatic heterocycles. The van der Waals surface area contributed by atoms with Crippen molar-refractivity contribution in [3.63, 3.8) is 0 Å². The van der Waals surface area contributed by atoms with E-state index < -0.39 is 0 Å². The van der Waals surface area contributed by atoms with Crippen LogP contribution >= 0.6 is 0 Å². The van der Waals surface area contributed by atoms with Gasteiger partial charge in [-0.25, -0.2) is 4.99 Å². The van der Waals surface area contributed by atoms with Crippen LogP contribution in [0, 0.1) is 0 Å². The zero-order chi connectivity index (χ0) is 32.4. The quantitative estimate of drug-likeness (QED) is 0.183. The van der Waals surface area contributed by atoms with Crippen molar-refractivity contribution in [3.05, 3.63) is 168 Å². The van der Waals surface area contributed by atoms with Gasteiger partial charge in [-0.05, 0) is 85.5 Å². The van der Waals surface area contributed by atoms with Gasteiger partial charge in [-0.15, -0.1) is 0 Å². The van der Waals surface area contributed by atoms with E-state index in [0.29, 0.717) is 19.6 Å². The standard InChI is InChI=1S/C42H37N3.C2H6/c1-2-3-4-9-20-33-25-32-21-12-14-23-35(32)40-38(33)28-44-42(43-27-30-16-7-5-8-17-30)45-29-39-37(31-18-10-6-11-19-31)26-34-22-13-15-24-36(34)41(39)40;1-2/h2-19,21-26H,20,27-29H2,1H3,(H2,43,44,45);1-2H3/b3-2-,9-4-;. The molecule has 234 valence electrons. The van der Waals surface area contributed by atoms with Crippen LogP contribution in [0.3, 0.4) is 0 Å². The van der Waals surface area contributed by atoms with Crippen LogP contribution in [0.1, 0.15) is 43.0 Å². The lowest BCUT2D eigenvalue weighted by atomic mass is 9.81. The van der Waals surface area contributed by atoms with E-state index in [4.69, 9.17) is 4.99 Å². The van der Waals surface area contributed by atoms with Gasteiger partial charge in [-0.3, -0.25) is 0 Å². The number of benzene rings is 6. The molecule has 6 aromatic rings. The SMILES string of the molecule is C/C=C\C=C/Cc1cc2ccccc2c2c1CNC(NCc1ccccc1)=NCc1c(-c3ccccc3)cc3ccccc3c1-2.CC. The van der Waals surface area contributed by atoms with Crippen LogP contribution in [-0.4, -0.2) is 5.96 Å². The van der Waals surface area contributed by atoms with Gasteiger partial charge in [0.15, 0.2) is 5.96 Å². The maximum Gasteiger partial charge on any atom is 0.192 e. The minimum absolute atomic E-state index is 0.549. The molecule has 3 nitrogen and oxygen atoms in total. The van der Waals surface area contributed by atoms with Gasteiger partial charge in [0.05, 0.1) is 6.54 Å². The molecule has 0 spiro atoms. The molecule has 3 heteroatoms. The summed E-state index contributed by atoms with van der Waals surface area (Å²) in [6.45, 7) is 7.97. The van der Waals surface area contributed by atoms with Crippen LogP contribution in [0.4, 0.5) is 0 Å². The lowest BCUT2D eigenvalue weighted by Crippen LogP contribution is -2.36. The Kier molecular flexibility index (Phi) is 10.2. The first-order valence-corrected chi connectivity index (χ1v) is 16.8. The number of fused-ring (bicyclic) bond motifs is 7. The Morgan fingerprint density at radius 3 is 2.02 bits per heavy atom. The third-order valence-corrected chi connectivity index (χ3v) is 8.65. The van der Waals surface area contributed by atoms with Crippen LogP contribution < -0.4 is 10.6 Å². The van der Waals surface area contributed by atoms with E-state index in [0.717, 1.165) is 12.4 Å². The molecule has 1 heterocycles. The van der Waals surface area contributed by atoms with Gasteiger partial charge < -0.3 is 10.6 Å². The number of aliphatic imine (C=N–C) groups is 1. The summed E-state index contributed by atoms with van der Waals surface area (Å²) in [5.41, 5.74) is 10.1. The molecule has 0 saturated heterocycles. The molecular formula is C44H43N3. The lowest BCUT2D eigenvalue weighted by Gasteiger charge is -2.23. The molecule has 7 rings (SSSR count). The molecule has 0 aliphatic carbocycles. The first-order chi connectivity index (χ1) is 23.3. The second-order valence-corrected chi connectivity index (χ2v) is 11.5. The average molecular weight is 614 g/mol. The number of hydrogen-bond acceptors (Lipinski definition) is 3. The lowest BCUT2D eigenvalue weighted by molar-refractivity contribution is 0.798. The Labute approximate surface area is 279 Å². The number of rotatable bonds is 6.